The molecule has 0 fully saturated rings. The predicted molar refractivity (Wildman–Crippen MR) is 81.9 cm³/mol. The van der Waals surface area contributed by atoms with Crippen LogP contribution in [0, 0.1) is 0 Å². The summed E-state index contributed by atoms with van der Waals surface area (Å²) in [5, 5.41) is 3.11. The van der Waals surface area contributed by atoms with Crippen molar-refractivity contribution >= 4 is 11.8 Å². The van der Waals surface area contributed by atoms with Gasteiger partial charge >= 0.3 is 6.18 Å². The number of anilines is 2. The van der Waals surface area contributed by atoms with Crippen LogP contribution >= 0.6 is 0 Å². The summed E-state index contributed by atoms with van der Waals surface area (Å²) in [7, 11) is 0. The number of aromatic nitrogens is 2. The van der Waals surface area contributed by atoms with Crippen molar-refractivity contribution in [1.29, 1.82) is 0 Å². The highest BCUT2D eigenvalue weighted by molar-refractivity contribution is 5.51. The van der Waals surface area contributed by atoms with Gasteiger partial charge in [0, 0.05) is 12.1 Å². The maximum absolute atomic E-state index is 12.8. The van der Waals surface area contributed by atoms with Crippen LogP contribution in [0.5, 0.6) is 0 Å². The van der Waals surface area contributed by atoms with Crippen molar-refractivity contribution in [3.8, 4) is 0 Å². The lowest BCUT2D eigenvalue weighted by Gasteiger charge is -2.19. The molecule has 1 heterocycles. The van der Waals surface area contributed by atoms with Crippen LogP contribution in [0.2, 0.25) is 0 Å². The van der Waals surface area contributed by atoms with Gasteiger partial charge in [-0.05, 0) is 43.4 Å². The molecule has 122 valence electrons. The molecular weight excluding hydrogens is 305 g/mol. The fourth-order valence-electron chi connectivity index (χ4n) is 2.80. The third-order valence-electron chi connectivity index (χ3n) is 3.91. The lowest BCUT2D eigenvalue weighted by molar-refractivity contribution is -0.137. The first-order valence-electron chi connectivity index (χ1n) is 7.49. The summed E-state index contributed by atoms with van der Waals surface area (Å²) < 4.78 is 38.3. The molecule has 0 unspecified atom stereocenters. The Labute approximate surface area is 131 Å². The summed E-state index contributed by atoms with van der Waals surface area (Å²) in [5.41, 5.74) is 7.58. The molecule has 0 radical (unpaired) electrons. The molecule has 2 aromatic rings. The summed E-state index contributed by atoms with van der Waals surface area (Å²) in [5.74, 6) is 0.821. The van der Waals surface area contributed by atoms with Gasteiger partial charge in [0.05, 0.1) is 11.3 Å². The van der Waals surface area contributed by atoms with Crippen molar-refractivity contribution in [2.24, 2.45) is 0 Å². The molecule has 7 heteroatoms. The Morgan fingerprint density at radius 3 is 2.70 bits per heavy atom. The summed E-state index contributed by atoms with van der Waals surface area (Å²) in [6.45, 7) is 0.257. The van der Waals surface area contributed by atoms with Gasteiger partial charge in [0.2, 0.25) is 5.95 Å². The van der Waals surface area contributed by atoms with E-state index in [0.717, 1.165) is 49.1 Å². The van der Waals surface area contributed by atoms with Gasteiger partial charge in [-0.3, -0.25) is 0 Å². The molecule has 0 atom stereocenters. The normalized spacial score (nSPS) is 14.4. The largest absolute Gasteiger partial charge is 0.416 e. The molecular formula is C16H17F3N4. The predicted octanol–water partition coefficient (Wildman–Crippen LogP) is 3.57. The fraction of sp³-hybridized carbons (Fsp3) is 0.375. The molecule has 0 saturated heterocycles. The van der Waals surface area contributed by atoms with Crippen molar-refractivity contribution in [2.75, 3.05) is 11.1 Å². The highest BCUT2D eigenvalue weighted by Gasteiger charge is 2.30. The van der Waals surface area contributed by atoms with E-state index in [9.17, 15) is 13.2 Å². The second-order valence-electron chi connectivity index (χ2n) is 5.61. The zero-order chi connectivity index (χ0) is 16.4. The highest BCUT2D eigenvalue weighted by atomic mass is 19.4. The number of nitrogen functional groups attached to an aromatic ring is 1. The van der Waals surface area contributed by atoms with E-state index in [2.05, 4.69) is 15.3 Å². The average molecular weight is 322 g/mol. The number of hydrogen-bond acceptors (Lipinski definition) is 4. The van der Waals surface area contributed by atoms with Gasteiger partial charge in [0.1, 0.15) is 5.82 Å². The Balaban J connectivity index is 1.80. The van der Waals surface area contributed by atoms with Gasteiger partial charge in [0.15, 0.2) is 0 Å². The van der Waals surface area contributed by atoms with Gasteiger partial charge in [-0.15, -0.1) is 0 Å². The molecule has 1 aliphatic rings. The van der Waals surface area contributed by atoms with Gasteiger partial charge in [-0.2, -0.15) is 18.2 Å². The Bertz CT molecular complexity index is 713. The minimum absolute atomic E-state index is 0.192. The van der Waals surface area contributed by atoms with Gasteiger partial charge in [-0.1, -0.05) is 12.1 Å². The Morgan fingerprint density at radius 1 is 1.13 bits per heavy atom. The maximum Gasteiger partial charge on any atom is 0.416 e. The first-order valence-corrected chi connectivity index (χ1v) is 7.49. The number of alkyl halides is 3. The van der Waals surface area contributed by atoms with E-state index in [1.807, 2.05) is 0 Å². The minimum Gasteiger partial charge on any atom is -0.368 e. The van der Waals surface area contributed by atoms with Gasteiger partial charge < -0.3 is 11.1 Å². The lowest BCUT2D eigenvalue weighted by atomic mass is 9.96. The van der Waals surface area contributed by atoms with Crippen molar-refractivity contribution in [3.63, 3.8) is 0 Å². The number of rotatable bonds is 3. The number of nitrogens with two attached hydrogens (primary N) is 1. The summed E-state index contributed by atoms with van der Waals surface area (Å²) >= 11 is 0. The second kappa shape index (κ2) is 6.06. The van der Waals surface area contributed by atoms with Crippen LogP contribution in [0.4, 0.5) is 24.9 Å². The second-order valence-corrected chi connectivity index (χ2v) is 5.61. The number of fused-ring (bicyclic) bond motifs is 1. The molecule has 0 amide bonds. The van der Waals surface area contributed by atoms with Crippen LogP contribution in [-0.2, 0) is 25.6 Å². The van der Waals surface area contributed by atoms with Crippen LogP contribution in [0.15, 0.2) is 24.3 Å². The maximum atomic E-state index is 12.8. The SMILES string of the molecule is Nc1nc2c(c(NCc3cccc(C(F)(F)F)c3)n1)CCCC2. The number of hydrogen-bond donors (Lipinski definition) is 2. The Hall–Kier alpha value is -2.31. The highest BCUT2D eigenvalue weighted by Crippen LogP contribution is 2.30. The summed E-state index contributed by atoms with van der Waals surface area (Å²) in [4.78, 5) is 8.46. The molecule has 0 saturated carbocycles. The topological polar surface area (TPSA) is 63.8 Å². The molecule has 3 rings (SSSR count). The van der Waals surface area contributed by atoms with Crippen molar-refractivity contribution in [3.05, 3.63) is 46.6 Å². The first-order chi connectivity index (χ1) is 10.9. The first kappa shape index (κ1) is 15.6. The van der Waals surface area contributed by atoms with Crippen LogP contribution in [-0.4, -0.2) is 9.97 Å². The average Bonchev–Trinajstić information content (AvgIpc) is 2.52. The summed E-state index contributed by atoms with van der Waals surface area (Å²) in [6, 6.07) is 5.26. The Kier molecular flexibility index (Phi) is 4.11. The third kappa shape index (κ3) is 3.55. The van der Waals surface area contributed by atoms with Crippen molar-refractivity contribution < 1.29 is 13.2 Å². The molecule has 0 spiro atoms. The van der Waals surface area contributed by atoms with Crippen LogP contribution in [0.3, 0.4) is 0 Å². The zero-order valence-corrected chi connectivity index (χ0v) is 12.5. The Morgan fingerprint density at radius 2 is 1.91 bits per heavy atom. The van der Waals surface area contributed by atoms with Crippen molar-refractivity contribution in [1.82, 2.24) is 9.97 Å². The molecule has 3 N–H and O–H groups in total. The monoisotopic (exact) mass is 322 g/mol. The quantitative estimate of drug-likeness (QED) is 0.907. The lowest BCUT2D eigenvalue weighted by Crippen LogP contribution is -2.14. The van der Waals surface area contributed by atoms with E-state index >= 15 is 0 Å². The van der Waals surface area contributed by atoms with Crippen LogP contribution in [0.1, 0.15) is 35.2 Å². The molecule has 0 aliphatic heterocycles. The standard InChI is InChI=1S/C16H17F3N4/c17-16(18,19)11-5-3-4-10(8-11)9-21-14-12-6-1-2-7-13(12)22-15(20)23-14/h3-5,8H,1-2,6-7,9H2,(H3,20,21,22,23). The van der Waals surface area contributed by atoms with Gasteiger partial charge in [0.25, 0.3) is 0 Å². The number of nitrogens with zero attached hydrogens (tertiary/aromatic N) is 2. The van der Waals surface area contributed by atoms with Crippen LogP contribution < -0.4 is 11.1 Å². The summed E-state index contributed by atoms with van der Waals surface area (Å²) in [6.07, 6.45) is -0.496. The molecule has 4 nitrogen and oxygen atoms in total. The number of benzene rings is 1. The fourth-order valence-corrected chi connectivity index (χ4v) is 2.80. The van der Waals surface area contributed by atoms with E-state index in [0.29, 0.717) is 11.4 Å². The molecule has 1 aromatic carbocycles. The molecule has 0 bridgehead atoms. The molecule has 1 aliphatic carbocycles. The van der Waals surface area contributed by atoms with Crippen molar-refractivity contribution in [2.45, 2.75) is 38.4 Å². The van der Waals surface area contributed by atoms with E-state index < -0.39 is 11.7 Å². The molecule has 23 heavy (non-hydrogen) atoms. The minimum atomic E-state index is -4.34. The zero-order valence-electron chi connectivity index (χ0n) is 12.5. The van der Waals surface area contributed by atoms with Gasteiger partial charge in [-0.25, -0.2) is 4.98 Å². The molecule has 1 aromatic heterocycles. The number of aryl methyl sites for hydroxylation is 1. The number of nitrogens with one attached hydrogen (secondary N) is 1. The van der Waals surface area contributed by atoms with E-state index in [4.69, 9.17) is 5.73 Å². The smallest absolute Gasteiger partial charge is 0.368 e. The van der Waals surface area contributed by atoms with E-state index in [1.165, 1.54) is 6.07 Å². The van der Waals surface area contributed by atoms with E-state index in [-0.39, 0.29) is 12.5 Å². The van der Waals surface area contributed by atoms with E-state index in [1.54, 1.807) is 6.07 Å². The third-order valence-corrected chi connectivity index (χ3v) is 3.91. The van der Waals surface area contributed by atoms with Crippen LogP contribution in [0.25, 0.3) is 0 Å². The number of halogens is 3.